The summed E-state index contributed by atoms with van der Waals surface area (Å²) >= 11 is 5.83. The molecule has 4 heteroatoms. The van der Waals surface area contributed by atoms with Crippen molar-refractivity contribution in [3.63, 3.8) is 0 Å². The molecule has 0 amide bonds. The van der Waals surface area contributed by atoms with Crippen molar-refractivity contribution in [1.82, 2.24) is 0 Å². The van der Waals surface area contributed by atoms with E-state index >= 15 is 0 Å². The highest BCUT2D eigenvalue weighted by Gasteiger charge is 2.11. The van der Waals surface area contributed by atoms with E-state index in [0.717, 1.165) is 10.9 Å². The minimum Gasteiger partial charge on any atom is -0.506 e. The number of rotatable bonds is 1. The summed E-state index contributed by atoms with van der Waals surface area (Å²) < 4.78 is 5.13. The lowest BCUT2D eigenvalue weighted by Gasteiger charge is -2.06. The quantitative estimate of drug-likeness (QED) is 0.777. The van der Waals surface area contributed by atoms with Crippen molar-refractivity contribution < 1.29 is 9.52 Å². The van der Waals surface area contributed by atoms with E-state index in [2.05, 4.69) is 0 Å². The van der Waals surface area contributed by atoms with Gasteiger partial charge in [-0.3, -0.25) is 0 Å². The Bertz CT molecular complexity index is 614. The summed E-state index contributed by atoms with van der Waals surface area (Å²) in [6, 6.07) is 2.98. The third-order valence-electron chi connectivity index (χ3n) is 2.71. The first-order chi connectivity index (χ1) is 7.54. The maximum atomic E-state index is 11.6. The summed E-state index contributed by atoms with van der Waals surface area (Å²) in [5.41, 5.74) is 1.51. The third kappa shape index (κ3) is 1.57. The van der Waals surface area contributed by atoms with Gasteiger partial charge in [0, 0.05) is 17.0 Å². The first-order valence-corrected chi connectivity index (χ1v) is 5.37. The first kappa shape index (κ1) is 11.0. The summed E-state index contributed by atoms with van der Waals surface area (Å²) in [5.74, 6) is -0.0824. The van der Waals surface area contributed by atoms with Crippen LogP contribution >= 0.6 is 11.6 Å². The normalized spacial score (nSPS) is 10.9. The van der Waals surface area contributed by atoms with Crippen LogP contribution in [0.2, 0.25) is 5.02 Å². The predicted octanol–water partition coefficient (Wildman–Crippen LogP) is 3.02. The molecule has 1 aromatic heterocycles. The molecule has 0 saturated carbocycles. The van der Waals surface area contributed by atoms with Gasteiger partial charge in [0.1, 0.15) is 11.3 Å². The van der Waals surface area contributed by atoms with Gasteiger partial charge in [0.15, 0.2) is 0 Å². The fraction of sp³-hybridized carbons (Fsp3) is 0.250. The van der Waals surface area contributed by atoms with Gasteiger partial charge in [0.05, 0.1) is 5.02 Å². The molecular formula is C12H11ClO3. The van der Waals surface area contributed by atoms with E-state index in [0.29, 0.717) is 17.6 Å². The van der Waals surface area contributed by atoms with Crippen LogP contribution < -0.4 is 5.63 Å². The highest BCUT2D eigenvalue weighted by Crippen LogP contribution is 2.30. The van der Waals surface area contributed by atoms with Crippen LogP contribution in [0, 0.1) is 6.92 Å². The Balaban J connectivity index is 2.94. The van der Waals surface area contributed by atoms with Crippen LogP contribution in [0.15, 0.2) is 21.3 Å². The Labute approximate surface area is 97.3 Å². The number of aryl methyl sites for hydroxylation is 1. The van der Waals surface area contributed by atoms with Gasteiger partial charge < -0.3 is 9.52 Å². The number of halogens is 1. The van der Waals surface area contributed by atoms with Crippen LogP contribution in [0.4, 0.5) is 0 Å². The molecule has 0 bridgehead atoms. The molecule has 2 rings (SSSR count). The minimum atomic E-state index is -0.353. The second kappa shape index (κ2) is 3.83. The fourth-order valence-corrected chi connectivity index (χ4v) is 1.97. The minimum absolute atomic E-state index is 0.0824. The van der Waals surface area contributed by atoms with Crippen molar-refractivity contribution in [2.45, 2.75) is 20.3 Å². The lowest BCUT2D eigenvalue weighted by atomic mass is 10.0. The van der Waals surface area contributed by atoms with E-state index in [9.17, 15) is 9.90 Å². The number of hydrogen-bond donors (Lipinski definition) is 1. The molecule has 1 N–H and O–H groups in total. The number of aromatic hydroxyl groups is 1. The molecule has 3 nitrogen and oxygen atoms in total. The largest absolute Gasteiger partial charge is 0.506 e. The van der Waals surface area contributed by atoms with Crippen LogP contribution in [0.3, 0.4) is 0 Å². The molecule has 0 fully saturated rings. The number of hydrogen-bond acceptors (Lipinski definition) is 3. The van der Waals surface area contributed by atoms with Gasteiger partial charge in [0.25, 0.3) is 0 Å². The van der Waals surface area contributed by atoms with Crippen molar-refractivity contribution in [2.75, 3.05) is 0 Å². The summed E-state index contributed by atoms with van der Waals surface area (Å²) in [4.78, 5) is 11.6. The van der Waals surface area contributed by atoms with Gasteiger partial charge >= 0.3 is 5.63 Å². The van der Waals surface area contributed by atoms with E-state index in [1.165, 1.54) is 6.07 Å². The van der Waals surface area contributed by atoms with E-state index in [4.69, 9.17) is 16.0 Å². The van der Waals surface area contributed by atoms with Crippen molar-refractivity contribution >= 4 is 22.6 Å². The number of fused-ring (bicyclic) bond motifs is 1. The monoisotopic (exact) mass is 238 g/mol. The zero-order valence-electron chi connectivity index (χ0n) is 9.00. The molecule has 0 spiro atoms. The molecule has 0 unspecified atom stereocenters. The Hall–Kier alpha value is -1.48. The van der Waals surface area contributed by atoms with E-state index in [1.54, 1.807) is 6.07 Å². The Morgan fingerprint density at radius 3 is 2.75 bits per heavy atom. The summed E-state index contributed by atoms with van der Waals surface area (Å²) in [6.07, 6.45) is 0.614. The van der Waals surface area contributed by atoms with Crippen LogP contribution in [0.5, 0.6) is 5.75 Å². The molecule has 0 aliphatic heterocycles. The second-order valence-electron chi connectivity index (χ2n) is 3.65. The molecule has 0 saturated heterocycles. The number of benzene rings is 1. The van der Waals surface area contributed by atoms with Crippen molar-refractivity contribution in [3.05, 3.63) is 38.7 Å². The Kier molecular flexibility index (Phi) is 2.64. The van der Waals surface area contributed by atoms with Crippen LogP contribution in [-0.4, -0.2) is 5.11 Å². The average molecular weight is 239 g/mol. The van der Waals surface area contributed by atoms with Gasteiger partial charge in [-0.2, -0.15) is 0 Å². The van der Waals surface area contributed by atoms with E-state index in [-0.39, 0.29) is 16.4 Å². The lowest BCUT2D eigenvalue weighted by Crippen LogP contribution is -2.08. The van der Waals surface area contributed by atoms with Crippen molar-refractivity contribution in [3.8, 4) is 5.75 Å². The van der Waals surface area contributed by atoms with Crippen LogP contribution in [0.25, 0.3) is 11.0 Å². The summed E-state index contributed by atoms with van der Waals surface area (Å²) in [7, 11) is 0. The zero-order chi connectivity index (χ0) is 11.9. The van der Waals surface area contributed by atoms with Gasteiger partial charge in [-0.05, 0) is 25.0 Å². The van der Waals surface area contributed by atoms with Gasteiger partial charge in [0.2, 0.25) is 0 Å². The topological polar surface area (TPSA) is 50.4 Å². The summed E-state index contributed by atoms with van der Waals surface area (Å²) in [6.45, 7) is 3.75. The van der Waals surface area contributed by atoms with E-state index in [1.807, 2.05) is 13.8 Å². The highest BCUT2D eigenvalue weighted by atomic mass is 35.5. The predicted molar refractivity (Wildman–Crippen MR) is 63.3 cm³/mol. The number of phenolic OH excluding ortho intramolecular Hbond substituents is 1. The van der Waals surface area contributed by atoms with Crippen LogP contribution in [0.1, 0.15) is 18.1 Å². The maximum absolute atomic E-state index is 11.6. The van der Waals surface area contributed by atoms with Crippen LogP contribution in [-0.2, 0) is 6.42 Å². The zero-order valence-corrected chi connectivity index (χ0v) is 9.76. The smallest absolute Gasteiger partial charge is 0.339 e. The Morgan fingerprint density at radius 1 is 1.44 bits per heavy atom. The molecular weight excluding hydrogens is 228 g/mol. The fourth-order valence-electron chi connectivity index (χ4n) is 1.81. The van der Waals surface area contributed by atoms with Gasteiger partial charge in [-0.25, -0.2) is 4.79 Å². The average Bonchev–Trinajstić information content (AvgIpc) is 2.22. The molecule has 2 aromatic rings. The first-order valence-electron chi connectivity index (χ1n) is 4.99. The highest BCUT2D eigenvalue weighted by molar-refractivity contribution is 6.32. The molecule has 16 heavy (non-hydrogen) atoms. The second-order valence-corrected chi connectivity index (χ2v) is 4.05. The molecule has 0 radical (unpaired) electrons. The van der Waals surface area contributed by atoms with Crippen molar-refractivity contribution in [2.24, 2.45) is 0 Å². The molecule has 1 heterocycles. The number of phenols is 1. The molecule has 0 aliphatic rings. The standard InChI is InChI=1S/C12H11ClO3/c1-3-7-6(2)8-4-9(13)10(14)5-11(8)16-12(7)15/h4-5,14H,3H2,1-2H3. The van der Waals surface area contributed by atoms with Gasteiger partial charge in [-0.1, -0.05) is 18.5 Å². The maximum Gasteiger partial charge on any atom is 0.339 e. The molecule has 0 atom stereocenters. The van der Waals surface area contributed by atoms with E-state index < -0.39 is 0 Å². The van der Waals surface area contributed by atoms with Crippen molar-refractivity contribution in [1.29, 1.82) is 0 Å². The summed E-state index contributed by atoms with van der Waals surface area (Å²) in [5, 5.41) is 10.5. The van der Waals surface area contributed by atoms with Gasteiger partial charge in [-0.15, -0.1) is 0 Å². The molecule has 84 valence electrons. The SMILES string of the molecule is CCc1c(C)c2cc(Cl)c(O)cc2oc1=O. The molecule has 1 aromatic carbocycles. The third-order valence-corrected chi connectivity index (χ3v) is 3.01. The molecule has 0 aliphatic carbocycles. The Morgan fingerprint density at radius 2 is 2.12 bits per heavy atom. The lowest BCUT2D eigenvalue weighted by molar-refractivity contribution is 0.473.